The van der Waals surface area contributed by atoms with Gasteiger partial charge in [-0.05, 0) is 27.2 Å². The molecule has 2 atom stereocenters. The first-order valence-electron chi connectivity index (χ1n) is 7.11. The first kappa shape index (κ1) is 19.2. The van der Waals surface area contributed by atoms with E-state index in [1.165, 1.54) is 6.92 Å². The summed E-state index contributed by atoms with van der Waals surface area (Å²) < 4.78 is 9.69. The number of amides is 3. The average molecular weight is 346 g/mol. The third kappa shape index (κ3) is 7.27. The third-order valence-electron chi connectivity index (χ3n) is 2.75. The van der Waals surface area contributed by atoms with Gasteiger partial charge in [-0.1, -0.05) is 0 Å². The van der Waals surface area contributed by atoms with E-state index in [9.17, 15) is 14.4 Å². The molecule has 1 heterocycles. The number of aliphatic imine (C=N–C) groups is 1. The maximum atomic E-state index is 12.0. The first-order chi connectivity index (χ1) is 10.6. The Kier molecular flexibility index (Phi) is 6.75. The molecule has 0 saturated carbocycles. The summed E-state index contributed by atoms with van der Waals surface area (Å²) >= 11 is 0. The smallest absolute Gasteiger partial charge is 0.416 e. The summed E-state index contributed by atoms with van der Waals surface area (Å²) in [6, 6.07) is -0.255. The van der Waals surface area contributed by atoms with Gasteiger partial charge in [0, 0.05) is 20.0 Å². The maximum absolute atomic E-state index is 12.0. The van der Waals surface area contributed by atoms with Gasteiger partial charge in [-0.25, -0.2) is 14.6 Å². The molecular weight excluding hydrogens is 323 g/mol. The van der Waals surface area contributed by atoms with Crippen molar-refractivity contribution in [2.45, 2.75) is 45.8 Å². The lowest BCUT2D eigenvalue weighted by Gasteiger charge is -2.24. The fourth-order valence-corrected chi connectivity index (χ4v) is 1.97. The van der Waals surface area contributed by atoms with Crippen LogP contribution in [0.15, 0.2) is 4.99 Å². The minimum absolute atomic E-state index is 0.0130. The molecule has 0 aromatic rings. The number of carbonyl (C=O) groups excluding carboxylic acids is 3. The molecule has 0 aliphatic carbocycles. The fraction of sp³-hybridized carbons (Fsp3) is 0.692. The number of hydrogen-bond acceptors (Lipinski definition) is 6. The molecule has 0 spiro atoms. The van der Waals surface area contributed by atoms with E-state index in [4.69, 9.17) is 4.74 Å². The van der Waals surface area contributed by atoms with Crippen molar-refractivity contribution in [2.75, 3.05) is 13.1 Å². The van der Waals surface area contributed by atoms with Crippen molar-refractivity contribution in [3.05, 3.63) is 0 Å². The van der Waals surface area contributed by atoms with Crippen molar-refractivity contribution in [1.29, 1.82) is 0 Å². The number of rotatable bonds is 1. The summed E-state index contributed by atoms with van der Waals surface area (Å²) in [6.07, 6.45) is -0.585. The van der Waals surface area contributed by atoms with Crippen LogP contribution in [-0.2, 0) is 14.1 Å². The Morgan fingerprint density at radius 2 is 1.91 bits per heavy atom. The van der Waals surface area contributed by atoms with Crippen molar-refractivity contribution in [2.24, 2.45) is 4.99 Å². The molecule has 1 saturated heterocycles. The van der Waals surface area contributed by atoms with Gasteiger partial charge in [-0.15, -0.1) is 0 Å². The lowest BCUT2D eigenvalue weighted by molar-refractivity contribution is -0.117. The normalized spacial score (nSPS) is 18.4. The predicted molar refractivity (Wildman–Crippen MR) is 86.8 cm³/mol. The van der Waals surface area contributed by atoms with Crippen molar-refractivity contribution in [3.63, 3.8) is 0 Å². The monoisotopic (exact) mass is 346 g/mol. The number of ether oxygens (including phenoxy) is 1. The highest BCUT2D eigenvalue weighted by molar-refractivity contribution is 7.10. The first-order valence-corrected chi connectivity index (χ1v) is 7.59. The molecule has 1 fully saturated rings. The molecule has 0 bridgehead atoms. The molecular formula is C13H23N4O5P. The van der Waals surface area contributed by atoms with Crippen molar-refractivity contribution in [3.8, 4) is 0 Å². The predicted octanol–water partition coefficient (Wildman–Crippen LogP) is 1.00. The number of likely N-dealkylation sites (tertiary alicyclic amines) is 1. The summed E-state index contributed by atoms with van der Waals surface area (Å²) in [4.78, 5) is 40.2. The molecule has 0 radical (unpaired) electrons. The molecule has 3 amide bonds. The molecule has 10 heteroatoms. The fourth-order valence-electron chi connectivity index (χ4n) is 1.91. The second-order valence-electron chi connectivity index (χ2n) is 6.06. The summed E-state index contributed by atoms with van der Waals surface area (Å²) in [5.74, 6) is -0.393. The number of guanidine groups is 1. The zero-order valence-corrected chi connectivity index (χ0v) is 14.9. The third-order valence-corrected chi connectivity index (χ3v) is 2.96. The van der Waals surface area contributed by atoms with Crippen molar-refractivity contribution in [1.82, 2.24) is 15.5 Å². The number of carbonyl (C=O) groups is 3. The van der Waals surface area contributed by atoms with Gasteiger partial charge in [-0.3, -0.25) is 15.4 Å². The van der Waals surface area contributed by atoms with Gasteiger partial charge in [0.1, 0.15) is 5.60 Å². The van der Waals surface area contributed by atoms with Crippen LogP contribution in [0.2, 0.25) is 0 Å². The number of nitrogens with zero attached hydrogens (tertiary/aromatic N) is 2. The second kappa shape index (κ2) is 8.10. The highest BCUT2D eigenvalue weighted by Crippen LogP contribution is 2.17. The van der Waals surface area contributed by atoms with Crippen LogP contribution in [0.5, 0.6) is 0 Å². The summed E-state index contributed by atoms with van der Waals surface area (Å²) in [5.41, 5.74) is -0.566. The Bertz CT molecular complexity index is 503. The minimum Gasteiger partial charge on any atom is -0.444 e. The van der Waals surface area contributed by atoms with E-state index in [0.717, 1.165) is 0 Å². The average Bonchev–Trinajstić information content (AvgIpc) is 2.84. The van der Waals surface area contributed by atoms with Gasteiger partial charge < -0.3 is 14.2 Å². The van der Waals surface area contributed by atoms with Gasteiger partial charge in [0.05, 0.1) is 15.5 Å². The Hall–Kier alpha value is -1.89. The molecule has 1 rings (SSSR count). The molecule has 0 aromatic carbocycles. The van der Waals surface area contributed by atoms with E-state index < -0.39 is 17.8 Å². The number of hydrogen-bond donors (Lipinski definition) is 2. The van der Waals surface area contributed by atoms with Crippen LogP contribution >= 0.6 is 9.47 Å². The van der Waals surface area contributed by atoms with Crippen LogP contribution in [0.25, 0.3) is 0 Å². The standard InChI is InChI=1S/C13H23N4O5P/c1-8(18)14-10(16-11(19)22-23)15-9-5-6-17(7-9)12(20)21-13(2,3)4/h9H,5-7,23H2,1-4H3,(H2,14,15,16,18,19)/t9-/m0/s1. The van der Waals surface area contributed by atoms with E-state index >= 15 is 0 Å². The van der Waals surface area contributed by atoms with Gasteiger partial charge >= 0.3 is 12.2 Å². The SMILES string of the molecule is CC(=O)NC(=N[C@H]1CCN(C(=O)OC(C)(C)C)C1)NC(=O)OP. The Morgan fingerprint density at radius 1 is 1.26 bits per heavy atom. The zero-order chi connectivity index (χ0) is 17.6. The highest BCUT2D eigenvalue weighted by atomic mass is 31.0. The van der Waals surface area contributed by atoms with Crippen LogP contribution in [0.1, 0.15) is 34.1 Å². The van der Waals surface area contributed by atoms with Gasteiger partial charge in [-0.2, -0.15) is 0 Å². The summed E-state index contributed by atoms with van der Waals surface area (Å²) in [5, 5.41) is 4.72. The largest absolute Gasteiger partial charge is 0.444 e. The van der Waals surface area contributed by atoms with Crippen molar-refractivity contribution < 1.29 is 23.6 Å². The van der Waals surface area contributed by atoms with Crippen LogP contribution in [0.3, 0.4) is 0 Å². The number of nitrogens with one attached hydrogen (secondary N) is 2. The molecule has 0 aromatic heterocycles. The molecule has 130 valence electrons. The van der Waals surface area contributed by atoms with E-state index in [0.29, 0.717) is 19.5 Å². The lowest BCUT2D eigenvalue weighted by Crippen LogP contribution is -2.43. The van der Waals surface area contributed by atoms with Gasteiger partial charge in [0.15, 0.2) is 0 Å². The van der Waals surface area contributed by atoms with Gasteiger partial charge in [0.25, 0.3) is 0 Å². The van der Waals surface area contributed by atoms with E-state index in [2.05, 4.69) is 20.1 Å². The van der Waals surface area contributed by atoms with Crippen LogP contribution in [0.4, 0.5) is 9.59 Å². The molecule has 23 heavy (non-hydrogen) atoms. The summed E-state index contributed by atoms with van der Waals surface area (Å²) in [7, 11) is 1.80. The Labute approximate surface area is 137 Å². The van der Waals surface area contributed by atoms with Crippen LogP contribution in [-0.4, -0.2) is 53.7 Å². The Morgan fingerprint density at radius 3 is 2.43 bits per heavy atom. The van der Waals surface area contributed by atoms with Gasteiger partial charge in [0.2, 0.25) is 11.9 Å². The quantitative estimate of drug-likeness (QED) is 0.418. The molecule has 2 N–H and O–H groups in total. The van der Waals surface area contributed by atoms with E-state index in [1.807, 2.05) is 0 Å². The van der Waals surface area contributed by atoms with E-state index in [-0.39, 0.29) is 17.9 Å². The summed E-state index contributed by atoms with van der Waals surface area (Å²) in [6.45, 7) is 7.52. The Balaban J connectivity index is 2.68. The lowest BCUT2D eigenvalue weighted by atomic mass is 10.2. The van der Waals surface area contributed by atoms with Crippen LogP contribution in [0, 0.1) is 0 Å². The maximum Gasteiger partial charge on any atom is 0.416 e. The second-order valence-corrected chi connectivity index (χ2v) is 6.29. The topological polar surface area (TPSA) is 109 Å². The minimum atomic E-state index is -0.774. The molecule has 1 aliphatic rings. The molecule has 1 aliphatic heterocycles. The van der Waals surface area contributed by atoms with Crippen LogP contribution < -0.4 is 10.6 Å². The zero-order valence-electron chi connectivity index (χ0n) is 13.7. The highest BCUT2D eigenvalue weighted by Gasteiger charge is 2.30. The molecule has 9 nitrogen and oxygen atoms in total. The molecule has 1 unspecified atom stereocenters. The van der Waals surface area contributed by atoms with E-state index in [1.54, 1.807) is 35.1 Å². The van der Waals surface area contributed by atoms with Crippen molar-refractivity contribution >= 4 is 33.5 Å².